The van der Waals surface area contributed by atoms with E-state index in [1.165, 1.54) is 53.5 Å². The number of hydrogen-bond donors (Lipinski definition) is 0. The number of aliphatic imine (C=N–C) groups is 1. The van der Waals surface area contributed by atoms with Gasteiger partial charge in [-0.05, 0) is 85.5 Å². The molecule has 0 N–H and O–H groups in total. The lowest BCUT2D eigenvalue weighted by molar-refractivity contribution is 0.221. The fourth-order valence-corrected chi connectivity index (χ4v) is 3.90. The molecule has 0 spiro atoms. The van der Waals surface area contributed by atoms with Crippen molar-refractivity contribution in [1.29, 1.82) is 0 Å². The summed E-state index contributed by atoms with van der Waals surface area (Å²) in [4.78, 5) is 4.61. The van der Waals surface area contributed by atoms with Gasteiger partial charge in [0.25, 0.3) is 0 Å². The summed E-state index contributed by atoms with van der Waals surface area (Å²) in [7, 11) is 0. The lowest BCUT2D eigenvalue weighted by Gasteiger charge is -2.15. The van der Waals surface area contributed by atoms with Crippen molar-refractivity contribution in [2.24, 2.45) is 4.99 Å². The van der Waals surface area contributed by atoms with E-state index >= 15 is 0 Å². The SMILES string of the molecule is C=C(C)CC.CCCC.CCCC1c2ccc(-c3ccc(C=Nc4cc(C(C)(C)F)ccc4C)cc3)cc21. The van der Waals surface area contributed by atoms with Crippen LogP contribution in [-0.2, 0) is 5.67 Å². The van der Waals surface area contributed by atoms with E-state index in [-0.39, 0.29) is 0 Å². The number of alkyl halides is 1. The van der Waals surface area contributed by atoms with Gasteiger partial charge in [0.1, 0.15) is 5.67 Å². The number of aryl methyl sites for hydroxylation is 1. The van der Waals surface area contributed by atoms with Gasteiger partial charge < -0.3 is 0 Å². The molecule has 1 aliphatic carbocycles. The van der Waals surface area contributed by atoms with E-state index in [1.807, 2.05) is 38.3 Å². The molecule has 2 heteroatoms. The number of allylic oxidation sites excluding steroid dienone is 1. The Balaban J connectivity index is 0.000000489. The molecule has 0 aliphatic heterocycles. The summed E-state index contributed by atoms with van der Waals surface area (Å²) in [6, 6.07) is 20.9. The Kier molecular flexibility index (Phi) is 12.2. The van der Waals surface area contributed by atoms with Crippen LogP contribution in [0.5, 0.6) is 0 Å². The van der Waals surface area contributed by atoms with Crippen LogP contribution in [-0.4, -0.2) is 6.21 Å². The normalized spacial score (nSPS) is 13.7. The molecule has 0 fully saturated rings. The van der Waals surface area contributed by atoms with Crippen molar-refractivity contribution in [1.82, 2.24) is 0 Å². The molecule has 1 aliphatic rings. The Morgan fingerprint density at radius 1 is 0.868 bits per heavy atom. The van der Waals surface area contributed by atoms with Crippen LogP contribution < -0.4 is 0 Å². The van der Waals surface area contributed by atoms with Gasteiger partial charge in [-0.15, -0.1) is 6.58 Å². The second kappa shape index (κ2) is 14.8. The number of nitrogens with zero attached hydrogens (tertiary/aromatic N) is 1. The van der Waals surface area contributed by atoms with Gasteiger partial charge in [-0.25, -0.2) is 4.39 Å². The molecule has 1 unspecified atom stereocenters. The summed E-state index contributed by atoms with van der Waals surface area (Å²) in [5.41, 5.74) is 8.96. The van der Waals surface area contributed by atoms with E-state index in [0.717, 1.165) is 23.2 Å². The van der Waals surface area contributed by atoms with Gasteiger partial charge in [-0.3, -0.25) is 4.99 Å². The van der Waals surface area contributed by atoms with E-state index in [9.17, 15) is 4.39 Å². The summed E-state index contributed by atoms with van der Waals surface area (Å²) in [6.45, 7) is 19.6. The molecule has 0 radical (unpaired) electrons. The Morgan fingerprint density at radius 3 is 2.00 bits per heavy atom. The second-order valence-corrected chi connectivity index (χ2v) is 10.8. The lowest BCUT2D eigenvalue weighted by Crippen LogP contribution is -2.08. The van der Waals surface area contributed by atoms with E-state index in [1.54, 1.807) is 13.8 Å². The zero-order chi connectivity index (χ0) is 28.3. The minimum absolute atomic E-state index is 0.650. The standard InChI is InChI=1S/C27H28FN.C5H10.C4H10/c1-5-6-23-24-14-12-21(15-25(23)24)20-10-8-19(9-11-20)17-29-26-16-22(27(3,4)28)13-7-18(26)2;1-4-5(2)3;1-3-4-2/h7-17,23H,5-6H2,1-4H3;2,4H2,1,3H3;3-4H2,1-2H3. The Morgan fingerprint density at radius 2 is 1.47 bits per heavy atom. The molecule has 0 bridgehead atoms. The molecule has 1 atom stereocenters. The van der Waals surface area contributed by atoms with Gasteiger partial charge in [0.15, 0.2) is 0 Å². The zero-order valence-electron chi connectivity index (χ0n) is 25.0. The highest BCUT2D eigenvalue weighted by Crippen LogP contribution is 2.48. The minimum Gasteiger partial charge on any atom is -0.256 e. The van der Waals surface area contributed by atoms with Crippen molar-refractivity contribution in [3.05, 3.63) is 101 Å². The third-order valence-electron chi connectivity index (χ3n) is 6.93. The van der Waals surface area contributed by atoms with Crippen molar-refractivity contribution >= 4 is 11.9 Å². The smallest absolute Gasteiger partial charge is 0.130 e. The quantitative estimate of drug-likeness (QED) is 0.210. The van der Waals surface area contributed by atoms with Crippen molar-refractivity contribution in [2.75, 3.05) is 0 Å². The van der Waals surface area contributed by atoms with Crippen LogP contribution in [0.25, 0.3) is 11.1 Å². The maximum absolute atomic E-state index is 14.2. The fourth-order valence-electron chi connectivity index (χ4n) is 3.90. The van der Waals surface area contributed by atoms with Gasteiger partial charge in [0.05, 0.1) is 5.69 Å². The van der Waals surface area contributed by atoms with E-state index in [2.05, 4.69) is 81.7 Å². The van der Waals surface area contributed by atoms with Crippen molar-refractivity contribution in [3.63, 3.8) is 0 Å². The van der Waals surface area contributed by atoms with Gasteiger partial charge in [-0.2, -0.15) is 0 Å². The highest BCUT2D eigenvalue weighted by molar-refractivity contribution is 5.83. The lowest BCUT2D eigenvalue weighted by atomic mass is 9.98. The first-order valence-electron chi connectivity index (χ1n) is 14.3. The number of hydrogen-bond acceptors (Lipinski definition) is 1. The van der Waals surface area contributed by atoms with Gasteiger partial charge in [0, 0.05) is 12.1 Å². The number of fused-ring (bicyclic) bond motifs is 1. The molecule has 204 valence electrons. The maximum atomic E-state index is 14.2. The fraction of sp³-hybridized carbons (Fsp3) is 0.417. The van der Waals surface area contributed by atoms with Crippen LogP contribution >= 0.6 is 0 Å². The molecule has 0 heterocycles. The molecule has 0 aromatic heterocycles. The van der Waals surface area contributed by atoms with Crippen LogP contribution in [0.15, 0.2) is 77.8 Å². The third kappa shape index (κ3) is 9.39. The van der Waals surface area contributed by atoms with Crippen LogP contribution in [0.3, 0.4) is 0 Å². The van der Waals surface area contributed by atoms with Crippen molar-refractivity contribution in [2.45, 2.75) is 99.1 Å². The molecule has 0 amide bonds. The van der Waals surface area contributed by atoms with Gasteiger partial charge in [-0.1, -0.05) is 107 Å². The summed E-state index contributed by atoms with van der Waals surface area (Å²) in [5, 5.41) is 0. The molecule has 4 rings (SSSR count). The highest BCUT2D eigenvalue weighted by Gasteiger charge is 2.31. The van der Waals surface area contributed by atoms with Crippen molar-refractivity contribution < 1.29 is 4.39 Å². The molecule has 38 heavy (non-hydrogen) atoms. The number of unbranched alkanes of at least 4 members (excludes halogenated alkanes) is 1. The van der Waals surface area contributed by atoms with Crippen molar-refractivity contribution in [3.8, 4) is 11.1 Å². The predicted molar refractivity (Wildman–Crippen MR) is 167 cm³/mol. The monoisotopic (exact) mass is 513 g/mol. The molecule has 1 nitrogen and oxygen atoms in total. The molecule has 3 aromatic carbocycles. The minimum atomic E-state index is -1.37. The van der Waals surface area contributed by atoms with Crippen LogP contribution in [0.2, 0.25) is 0 Å². The second-order valence-electron chi connectivity index (χ2n) is 10.8. The molecule has 3 aromatic rings. The summed E-state index contributed by atoms with van der Waals surface area (Å²) >= 11 is 0. The average molecular weight is 514 g/mol. The topological polar surface area (TPSA) is 12.4 Å². The molecule has 0 saturated carbocycles. The molecule has 0 saturated heterocycles. The van der Waals surface area contributed by atoms with Crippen LogP contribution in [0, 0.1) is 6.92 Å². The van der Waals surface area contributed by atoms with Gasteiger partial charge >= 0.3 is 0 Å². The first-order chi connectivity index (χ1) is 18.0. The van der Waals surface area contributed by atoms with E-state index < -0.39 is 5.67 Å². The highest BCUT2D eigenvalue weighted by atomic mass is 19.1. The largest absolute Gasteiger partial charge is 0.256 e. The maximum Gasteiger partial charge on any atom is 0.130 e. The first-order valence-corrected chi connectivity index (χ1v) is 14.3. The van der Waals surface area contributed by atoms with Gasteiger partial charge in [0.2, 0.25) is 0 Å². The predicted octanol–water partition coefficient (Wildman–Crippen LogP) is 11.6. The van der Waals surface area contributed by atoms with Crippen LogP contribution in [0.1, 0.15) is 114 Å². The number of benzene rings is 3. The third-order valence-corrected chi connectivity index (χ3v) is 6.93. The Bertz CT molecular complexity index is 1190. The number of rotatable bonds is 8. The average Bonchev–Trinajstić information content (AvgIpc) is 3.60. The Labute approximate surface area is 231 Å². The summed E-state index contributed by atoms with van der Waals surface area (Å²) in [5.74, 6) is 0.688. The molecular formula is C36H48FN. The zero-order valence-corrected chi connectivity index (χ0v) is 25.0. The van der Waals surface area contributed by atoms with Crippen LogP contribution in [0.4, 0.5) is 10.1 Å². The summed E-state index contributed by atoms with van der Waals surface area (Å²) in [6.07, 6.45) is 8.09. The Hall–Kier alpha value is -3.00. The first kappa shape index (κ1) is 31.2. The number of halogens is 1. The van der Waals surface area contributed by atoms with E-state index in [4.69, 9.17) is 0 Å². The molecular weight excluding hydrogens is 465 g/mol. The van der Waals surface area contributed by atoms with E-state index in [0.29, 0.717) is 11.5 Å². The summed E-state index contributed by atoms with van der Waals surface area (Å²) < 4.78 is 14.2.